The van der Waals surface area contributed by atoms with Crippen LogP contribution >= 0.6 is 0 Å². The van der Waals surface area contributed by atoms with Crippen molar-refractivity contribution in [3.8, 4) is 39.9 Å². The summed E-state index contributed by atoms with van der Waals surface area (Å²) >= 11 is 0. The van der Waals surface area contributed by atoms with Gasteiger partial charge in [-0.05, 0) is 58.7 Å². The summed E-state index contributed by atoms with van der Waals surface area (Å²) in [6.45, 7) is 0. The maximum Gasteiger partial charge on any atom is 0.165 e. The number of hydrogen-bond acceptors (Lipinski definition) is 4. The summed E-state index contributed by atoms with van der Waals surface area (Å²) in [6, 6.07) is 46.2. The van der Waals surface area contributed by atoms with E-state index in [-0.39, 0.29) is 0 Å². The van der Waals surface area contributed by atoms with Crippen molar-refractivity contribution >= 4 is 49.7 Å². The highest BCUT2D eigenvalue weighted by Crippen LogP contribution is 2.44. The van der Waals surface area contributed by atoms with Crippen LogP contribution in [0.25, 0.3) is 89.5 Å². The second-order valence-corrected chi connectivity index (χ2v) is 13.6. The Balaban J connectivity index is 1.17. The standard InChI is InChI=1S/C47H30N4O/c1-3-13-29(14-4-1)45-48-46(30-15-5-2-6-16-30)50-47(49-45)44-35-20-10-9-19-33(35)27-42-43(44)37-24-23-34(28-41(37)52-42)51-39-22-12-11-21-36(39)38-25-31-17-7-8-18-32(31)26-40(38)51/h1-24,26-28,31H,25H2. The van der Waals surface area contributed by atoms with Crippen LogP contribution in [-0.4, -0.2) is 19.5 Å². The molecule has 5 nitrogen and oxygen atoms in total. The topological polar surface area (TPSA) is 56.7 Å². The van der Waals surface area contributed by atoms with Gasteiger partial charge in [-0.3, -0.25) is 0 Å². The fraction of sp³-hybridized carbons (Fsp3) is 0.0426. The molecule has 2 aliphatic rings. The van der Waals surface area contributed by atoms with Crippen LogP contribution in [0.5, 0.6) is 0 Å². The molecule has 0 saturated heterocycles. The first-order chi connectivity index (χ1) is 25.8. The summed E-state index contributed by atoms with van der Waals surface area (Å²) in [5, 5.41) is 5.44. The zero-order valence-corrected chi connectivity index (χ0v) is 28.1. The molecule has 3 heterocycles. The minimum atomic E-state index is 0.405. The average Bonchev–Trinajstić information content (AvgIpc) is 3.73. The first-order valence-corrected chi connectivity index (χ1v) is 17.7. The Morgan fingerprint density at radius 3 is 2.08 bits per heavy atom. The predicted octanol–water partition coefficient (Wildman–Crippen LogP) is 11.6. The third-order valence-electron chi connectivity index (χ3n) is 10.6. The van der Waals surface area contributed by atoms with Crippen molar-refractivity contribution in [2.45, 2.75) is 6.42 Å². The number of nitrogens with zero attached hydrogens (tertiary/aromatic N) is 4. The summed E-state index contributed by atoms with van der Waals surface area (Å²) in [5.74, 6) is 2.28. The van der Waals surface area contributed by atoms with E-state index in [2.05, 4.69) is 108 Å². The van der Waals surface area contributed by atoms with E-state index in [1.807, 2.05) is 60.7 Å². The number of allylic oxidation sites excluding steroid dienone is 5. The number of rotatable bonds is 4. The minimum absolute atomic E-state index is 0.405. The fourth-order valence-corrected chi connectivity index (χ4v) is 8.17. The molecule has 0 amide bonds. The third-order valence-corrected chi connectivity index (χ3v) is 10.6. The van der Waals surface area contributed by atoms with Gasteiger partial charge in [0.15, 0.2) is 17.5 Å². The van der Waals surface area contributed by atoms with Crippen LogP contribution in [0.4, 0.5) is 0 Å². The lowest BCUT2D eigenvalue weighted by Crippen LogP contribution is -2.12. The Morgan fingerprint density at radius 2 is 1.29 bits per heavy atom. The van der Waals surface area contributed by atoms with E-state index in [0.29, 0.717) is 23.4 Å². The average molecular weight is 667 g/mol. The maximum atomic E-state index is 6.81. The molecule has 0 saturated carbocycles. The highest BCUT2D eigenvalue weighted by molar-refractivity contribution is 6.20. The van der Waals surface area contributed by atoms with E-state index < -0.39 is 0 Å². The van der Waals surface area contributed by atoms with Crippen LogP contribution in [0, 0.1) is 5.92 Å². The van der Waals surface area contributed by atoms with Gasteiger partial charge in [0.2, 0.25) is 0 Å². The monoisotopic (exact) mass is 666 g/mol. The van der Waals surface area contributed by atoms with Gasteiger partial charge in [-0.15, -0.1) is 0 Å². The van der Waals surface area contributed by atoms with Gasteiger partial charge in [0.25, 0.3) is 0 Å². The van der Waals surface area contributed by atoms with Crippen molar-refractivity contribution in [1.29, 1.82) is 0 Å². The normalized spacial score (nSPS) is 15.0. The second-order valence-electron chi connectivity index (χ2n) is 13.6. The number of benzene rings is 6. The second kappa shape index (κ2) is 11.3. The largest absolute Gasteiger partial charge is 0.456 e. The lowest BCUT2D eigenvalue weighted by Gasteiger charge is -2.23. The van der Waals surface area contributed by atoms with Crippen molar-refractivity contribution in [2.24, 2.45) is 5.92 Å². The summed E-state index contributed by atoms with van der Waals surface area (Å²) in [5.41, 5.74) is 10.7. The highest BCUT2D eigenvalue weighted by atomic mass is 16.3. The number of fused-ring (bicyclic) bond motifs is 8. The quantitative estimate of drug-likeness (QED) is 0.188. The van der Waals surface area contributed by atoms with Crippen molar-refractivity contribution in [3.05, 3.63) is 175 Å². The molecule has 0 aliphatic heterocycles. The van der Waals surface area contributed by atoms with Gasteiger partial charge in [0.1, 0.15) is 11.2 Å². The summed E-state index contributed by atoms with van der Waals surface area (Å²) in [4.78, 5) is 15.3. The molecule has 0 bridgehead atoms. The van der Waals surface area contributed by atoms with Gasteiger partial charge in [-0.1, -0.05) is 127 Å². The summed E-state index contributed by atoms with van der Waals surface area (Å²) in [6.07, 6.45) is 12.2. The molecule has 5 heteroatoms. The molecule has 3 aromatic heterocycles. The summed E-state index contributed by atoms with van der Waals surface area (Å²) in [7, 11) is 0. The Morgan fingerprint density at radius 1 is 0.596 bits per heavy atom. The fourth-order valence-electron chi connectivity index (χ4n) is 8.17. The molecule has 1 unspecified atom stereocenters. The number of para-hydroxylation sites is 1. The molecule has 0 N–H and O–H groups in total. The number of aromatic nitrogens is 4. The van der Waals surface area contributed by atoms with Gasteiger partial charge in [0, 0.05) is 50.5 Å². The Bertz CT molecular complexity index is 2930. The Hall–Kier alpha value is -6.85. The van der Waals surface area contributed by atoms with E-state index in [4.69, 9.17) is 19.4 Å². The molecule has 0 spiro atoms. The van der Waals surface area contributed by atoms with Crippen molar-refractivity contribution < 1.29 is 4.42 Å². The lowest BCUT2D eigenvalue weighted by molar-refractivity contribution is 0.669. The van der Waals surface area contributed by atoms with Crippen LogP contribution < -0.4 is 0 Å². The zero-order chi connectivity index (χ0) is 34.2. The third kappa shape index (κ3) is 4.46. The molecule has 1 atom stereocenters. The van der Waals surface area contributed by atoms with E-state index >= 15 is 0 Å². The minimum Gasteiger partial charge on any atom is -0.456 e. The van der Waals surface area contributed by atoms with Crippen LogP contribution in [0.1, 0.15) is 11.3 Å². The predicted molar refractivity (Wildman–Crippen MR) is 211 cm³/mol. The molecule has 52 heavy (non-hydrogen) atoms. The van der Waals surface area contributed by atoms with Gasteiger partial charge >= 0.3 is 0 Å². The van der Waals surface area contributed by atoms with Crippen LogP contribution in [0.3, 0.4) is 0 Å². The lowest BCUT2D eigenvalue weighted by atomic mass is 9.83. The molecule has 11 rings (SSSR count). The van der Waals surface area contributed by atoms with Crippen LogP contribution in [0.15, 0.2) is 168 Å². The molecule has 6 aromatic carbocycles. The van der Waals surface area contributed by atoms with Crippen molar-refractivity contribution in [1.82, 2.24) is 19.5 Å². The molecular formula is C47H30N4O. The van der Waals surface area contributed by atoms with Crippen LogP contribution in [-0.2, 0) is 6.42 Å². The molecule has 0 fully saturated rings. The molecule has 0 radical (unpaired) electrons. The molecule has 244 valence electrons. The van der Waals surface area contributed by atoms with Gasteiger partial charge in [0.05, 0.1) is 11.2 Å². The Labute approximate surface area is 299 Å². The molecular weight excluding hydrogens is 637 g/mol. The van der Waals surface area contributed by atoms with Gasteiger partial charge in [-0.2, -0.15) is 0 Å². The maximum absolute atomic E-state index is 6.81. The first kappa shape index (κ1) is 28.9. The van der Waals surface area contributed by atoms with Crippen LogP contribution in [0.2, 0.25) is 0 Å². The van der Waals surface area contributed by atoms with Crippen molar-refractivity contribution in [2.75, 3.05) is 0 Å². The van der Waals surface area contributed by atoms with Gasteiger partial charge in [-0.25, -0.2) is 15.0 Å². The number of furan rings is 1. The van der Waals surface area contributed by atoms with Gasteiger partial charge < -0.3 is 8.98 Å². The van der Waals surface area contributed by atoms with E-state index in [0.717, 1.165) is 61.5 Å². The SMILES string of the molecule is C1=CC2=Cc3c(c4ccccc4n3-c3ccc4c(c3)oc3cc5ccccc5c(-c5nc(-c6ccccc6)nc(-c6ccccc6)n5)c34)CC2C=C1. The van der Waals surface area contributed by atoms with Crippen molar-refractivity contribution in [3.63, 3.8) is 0 Å². The van der Waals surface area contributed by atoms with E-state index in [9.17, 15) is 0 Å². The first-order valence-electron chi connectivity index (χ1n) is 17.7. The zero-order valence-electron chi connectivity index (χ0n) is 28.1. The summed E-state index contributed by atoms with van der Waals surface area (Å²) < 4.78 is 9.21. The molecule has 2 aliphatic carbocycles. The number of hydrogen-bond donors (Lipinski definition) is 0. The molecule has 9 aromatic rings. The highest BCUT2D eigenvalue weighted by Gasteiger charge is 2.27. The Kier molecular flexibility index (Phi) is 6.31. The van der Waals surface area contributed by atoms with E-state index in [1.165, 1.54) is 27.7 Å². The smallest absolute Gasteiger partial charge is 0.165 e. The van der Waals surface area contributed by atoms with E-state index in [1.54, 1.807) is 0 Å².